The molecule has 0 radical (unpaired) electrons. The van der Waals surface area contributed by atoms with Crippen LogP contribution < -0.4 is 4.74 Å². The number of ether oxygens (including phenoxy) is 1. The van der Waals surface area contributed by atoms with Crippen LogP contribution in [0, 0.1) is 0 Å². The number of benzene rings is 1. The molecule has 94 valence electrons. The quantitative estimate of drug-likeness (QED) is 0.611. The van der Waals surface area contributed by atoms with Crippen molar-refractivity contribution in [2.45, 2.75) is 13.3 Å². The first kappa shape index (κ1) is 14.3. The zero-order valence-corrected chi connectivity index (χ0v) is 12.2. The lowest BCUT2D eigenvalue weighted by molar-refractivity contribution is 0.235. The van der Waals surface area contributed by atoms with E-state index >= 15 is 0 Å². The molecule has 0 bridgehead atoms. The molecule has 1 rings (SSSR count). The molecule has 0 atom stereocenters. The lowest BCUT2D eigenvalue weighted by Crippen LogP contribution is -2.23. The summed E-state index contributed by atoms with van der Waals surface area (Å²) in [5.41, 5.74) is 1.08. The number of hydrogen-bond donors (Lipinski definition) is 0. The van der Waals surface area contributed by atoms with Crippen molar-refractivity contribution in [2.75, 3.05) is 20.2 Å². The molecule has 0 heterocycles. The molecule has 3 nitrogen and oxygen atoms in total. The van der Waals surface area contributed by atoms with Gasteiger partial charge in [0.15, 0.2) is 0 Å². The van der Waals surface area contributed by atoms with E-state index < -0.39 is 0 Å². The predicted molar refractivity (Wildman–Crippen MR) is 73.3 cm³/mol. The van der Waals surface area contributed by atoms with Gasteiger partial charge in [0.25, 0.3) is 4.82 Å². The summed E-state index contributed by atoms with van der Waals surface area (Å²) >= 11 is 8.97. The van der Waals surface area contributed by atoms with Gasteiger partial charge in [-0.3, -0.25) is 4.79 Å². The summed E-state index contributed by atoms with van der Waals surface area (Å²) in [6.07, 6.45) is 0.764. The minimum Gasteiger partial charge on any atom is -0.492 e. The first-order valence-corrected chi connectivity index (χ1v) is 6.53. The Labute approximate surface area is 115 Å². The molecule has 0 aliphatic carbocycles. The predicted octanol–water partition coefficient (Wildman–Crippen LogP) is 3.73. The van der Waals surface area contributed by atoms with Crippen molar-refractivity contribution in [1.29, 1.82) is 0 Å². The van der Waals surface area contributed by atoms with Crippen molar-refractivity contribution in [3.63, 3.8) is 0 Å². The van der Waals surface area contributed by atoms with Gasteiger partial charge in [0.1, 0.15) is 5.75 Å². The summed E-state index contributed by atoms with van der Waals surface area (Å²) in [6.45, 7) is 3.16. The highest BCUT2D eigenvalue weighted by atomic mass is 79.9. The Kier molecular flexibility index (Phi) is 5.78. The van der Waals surface area contributed by atoms with Gasteiger partial charge < -0.3 is 9.64 Å². The lowest BCUT2D eigenvalue weighted by Gasteiger charge is -2.13. The van der Waals surface area contributed by atoms with Crippen molar-refractivity contribution < 1.29 is 9.53 Å². The normalized spacial score (nSPS) is 10.1. The van der Waals surface area contributed by atoms with Gasteiger partial charge in [-0.15, -0.1) is 0 Å². The number of amides is 1. The van der Waals surface area contributed by atoms with Gasteiger partial charge in [-0.2, -0.15) is 0 Å². The maximum absolute atomic E-state index is 11.0. The van der Waals surface area contributed by atoms with E-state index in [2.05, 4.69) is 15.9 Å². The van der Waals surface area contributed by atoms with E-state index in [1.165, 1.54) is 0 Å². The van der Waals surface area contributed by atoms with Crippen molar-refractivity contribution in [3.8, 4) is 5.75 Å². The first-order valence-electron chi connectivity index (χ1n) is 5.36. The topological polar surface area (TPSA) is 29.5 Å². The fourth-order valence-electron chi connectivity index (χ4n) is 1.36. The van der Waals surface area contributed by atoms with Crippen molar-refractivity contribution in [1.82, 2.24) is 4.90 Å². The number of carbonyl (C=O) groups excluding carboxylic acids is 1. The maximum Gasteiger partial charge on any atom is 0.289 e. The molecule has 0 aliphatic rings. The average molecular weight is 321 g/mol. The molecule has 0 saturated carbocycles. The highest BCUT2D eigenvalue weighted by Gasteiger charge is 2.06. The largest absolute Gasteiger partial charge is 0.492 e. The molecule has 0 N–H and O–H groups in total. The molecule has 0 saturated heterocycles. The SMILES string of the molecule is CCOc1ccc(CCN(C)C(=O)Br)cc1Cl. The fraction of sp³-hybridized carbons (Fsp3) is 0.417. The minimum atomic E-state index is -0.116. The number of rotatable bonds is 5. The third-order valence-electron chi connectivity index (χ3n) is 2.33. The minimum absolute atomic E-state index is 0.116. The second kappa shape index (κ2) is 6.87. The van der Waals surface area contributed by atoms with Crippen LogP contribution in [0.1, 0.15) is 12.5 Å². The number of nitrogens with zero attached hydrogens (tertiary/aromatic N) is 1. The molecular weight excluding hydrogens is 305 g/mol. The summed E-state index contributed by atoms with van der Waals surface area (Å²) in [5.74, 6) is 0.697. The van der Waals surface area contributed by atoms with Gasteiger partial charge in [0.2, 0.25) is 0 Å². The van der Waals surface area contributed by atoms with E-state index in [-0.39, 0.29) is 4.82 Å². The molecule has 1 aromatic rings. The van der Waals surface area contributed by atoms with Crippen molar-refractivity contribution in [2.24, 2.45) is 0 Å². The number of carbonyl (C=O) groups is 1. The third-order valence-corrected chi connectivity index (χ3v) is 3.23. The van der Waals surface area contributed by atoms with E-state index in [1.807, 2.05) is 25.1 Å². The van der Waals surface area contributed by atoms with Gasteiger partial charge >= 0.3 is 0 Å². The Morgan fingerprint density at radius 2 is 2.24 bits per heavy atom. The summed E-state index contributed by atoms with van der Waals surface area (Å²) < 4.78 is 5.35. The number of halogens is 2. The van der Waals surface area contributed by atoms with Crippen LogP contribution in [-0.2, 0) is 6.42 Å². The van der Waals surface area contributed by atoms with Crippen LogP contribution in [0.25, 0.3) is 0 Å². The first-order chi connectivity index (χ1) is 8.04. The van der Waals surface area contributed by atoms with E-state index in [0.29, 0.717) is 23.9 Å². The lowest BCUT2D eigenvalue weighted by atomic mass is 10.1. The molecule has 17 heavy (non-hydrogen) atoms. The summed E-state index contributed by atoms with van der Waals surface area (Å²) in [4.78, 5) is 12.5. The molecule has 0 aromatic heterocycles. The molecule has 1 amide bonds. The van der Waals surface area contributed by atoms with Gasteiger partial charge in [0.05, 0.1) is 11.6 Å². The second-order valence-corrected chi connectivity index (χ2v) is 4.71. The molecule has 1 aromatic carbocycles. The standard InChI is InChI=1S/C12H15BrClNO2/c1-3-17-11-5-4-9(8-10(11)14)6-7-15(2)12(13)16/h4-5,8H,3,6-7H2,1-2H3. The van der Waals surface area contributed by atoms with E-state index in [0.717, 1.165) is 12.0 Å². The molecule has 0 spiro atoms. The van der Waals surface area contributed by atoms with Crippen molar-refractivity contribution >= 4 is 32.3 Å². The van der Waals surface area contributed by atoms with Crippen LogP contribution in [0.4, 0.5) is 4.79 Å². The molecule has 0 fully saturated rings. The zero-order chi connectivity index (χ0) is 12.8. The van der Waals surface area contributed by atoms with Gasteiger partial charge in [-0.1, -0.05) is 17.7 Å². The Hall–Kier alpha value is -0.740. The third kappa shape index (κ3) is 4.56. The van der Waals surface area contributed by atoms with Crippen molar-refractivity contribution in [3.05, 3.63) is 28.8 Å². The maximum atomic E-state index is 11.0. The van der Waals surface area contributed by atoms with Crippen LogP contribution in [-0.4, -0.2) is 29.9 Å². The van der Waals surface area contributed by atoms with Crippen LogP contribution in [0.5, 0.6) is 5.75 Å². The highest BCUT2D eigenvalue weighted by molar-refractivity contribution is 9.18. The van der Waals surface area contributed by atoms with Crippen LogP contribution in [0.15, 0.2) is 18.2 Å². The molecular formula is C12H15BrClNO2. The Morgan fingerprint density at radius 3 is 2.76 bits per heavy atom. The highest BCUT2D eigenvalue weighted by Crippen LogP contribution is 2.25. The van der Waals surface area contributed by atoms with Crippen LogP contribution in [0.2, 0.25) is 5.02 Å². The van der Waals surface area contributed by atoms with Crippen LogP contribution in [0.3, 0.4) is 0 Å². The second-order valence-electron chi connectivity index (χ2n) is 3.62. The van der Waals surface area contributed by atoms with E-state index in [4.69, 9.17) is 16.3 Å². The van der Waals surface area contributed by atoms with Gasteiger partial charge in [-0.05, 0) is 31.0 Å². The number of hydrogen-bond acceptors (Lipinski definition) is 2. The van der Waals surface area contributed by atoms with Crippen LogP contribution >= 0.6 is 27.5 Å². The summed E-state index contributed by atoms with van der Waals surface area (Å²) in [7, 11) is 1.74. The monoisotopic (exact) mass is 319 g/mol. The molecule has 0 aliphatic heterocycles. The molecule has 0 unspecified atom stereocenters. The van der Waals surface area contributed by atoms with Gasteiger partial charge in [-0.25, -0.2) is 0 Å². The smallest absolute Gasteiger partial charge is 0.289 e. The van der Waals surface area contributed by atoms with E-state index in [1.54, 1.807) is 11.9 Å². The number of likely N-dealkylation sites (N-methyl/N-ethyl adjacent to an activating group) is 1. The summed E-state index contributed by atoms with van der Waals surface area (Å²) in [6, 6.07) is 5.69. The molecule has 5 heteroatoms. The average Bonchev–Trinajstić information content (AvgIpc) is 2.29. The Balaban J connectivity index is 2.61. The Bertz CT molecular complexity index is 398. The van der Waals surface area contributed by atoms with E-state index in [9.17, 15) is 4.79 Å². The Morgan fingerprint density at radius 1 is 1.53 bits per heavy atom. The fourth-order valence-corrected chi connectivity index (χ4v) is 1.79. The summed E-state index contributed by atoms with van der Waals surface area (Å²) in [5, 5.41) is 0.608. The zero-order valence-electron chi connectivity index (χ0n) is 9.87. The van der Waals surface area contributed by atoms with Gasteiger partial charge in [0, 0.05) is 29.5 Å².